The molecule has 0 fully saturated rings. The molecule has 0 spiro atoms. The Balaban J connectivity index is 2.49. The smallest absolute Gasteiger partial charge is 0.269 e. The summed E-state index contributed by atoms with van der Waals surface area (Å²) in [4.78, 5) is 12.1. The predicted molar refractivity (Wildman–Crippen MR) is 54.3 cm³/mol. The summed E-state index contributed by atoms with van der Waals surface area (Å²) < 4.78 is 0. The molecule has 0 N–H and O–H groups in total. The van der Waals surface area contributed by atoms with Crippen LogP contribution in [0.1, 0.15) is 5.56 Å². The molecule has 1 aromatic carbocycles. The molecule has 0 bridgehead atoms. The Morgan fingerprint density at radius 1 is 1.57 bits per heavy atom. The third-order valence-corrected chi connectivity index (χ3v) is 2.50. The van der Waals surface area contributed by atoms with Crippen molar-refractivity contribution in [3.63, 3.8) is 0 Å². The summed E-state index contributed by atoms with van der Waals surface area (Å²) in [5, 5.41) is 10.5. The van der Waals surface area contributed by atoms with Gasteiger partial charge < -0.3 is 4.90 Å². The van der Waals surface area contributed by atoms with E-state index in [0.717, 1.165) is 16.9 Å². The quantitative estimate of drug-likeness (QED) is 0.503. The van der Waals surface area contributed by atoms with Crippen molar-refractivity contribution in [1.29, 1.82) is 0 Å². The molecule has 0 unspecified atom stereocenters. The maximum Gasteiger partial charge on any atom is 0.269 e. The maximum atomic E-state index is 10.5. The number of rotatable bonds is 1. The Bertz CT molecular complexity index is 426. The van der Waals surface area contributed by atoms with Gasteiger partial charge in [0.1, 0.15) is 0 Å². The number of hydrogen-bond acceptors (Lipinski definition) is 3. The molecule has 0 radical (unpaired) electrons. The SMILES string of the molecule is C=C1Cc2cc([N+](=O)[O-])ccc2N1C. The molecule has 1 aromatic rings. The fourth-order valence-corrected chi connectivity index (χ4v) is 1.66. The van der Waals surface area contributed by atoms with Gasteiger partial charge in [-0.2, -0.15) is 0 Å². The number of likely N-dealkylation sites (N-methyl/N-ethyl adjacent to an activating group) is 1. The second-order valence-corrected chi connectivity index (χ2v) is 3.37. The van der Waals surface area contributed by atoms with Gasteiger partial charge in [0.2, 0.25) is 0 Å². The van der Waals surface area contributed by atoms with Gasteiger partial charge in [0.05, 0.1) is 4.92 Å². The minimum Gasteiger partial charge on any atom is -0.348 e. The monoisotopic (exact) mass is 190 g/mol. The average Bonchev–Trinajstić information content (AvgIpc) is 2.42. The molecule has 1 aliphatic heterocycles. The summed E-state index contributed by atoms with van der Waals surface area (Å²) in [5.74, 6) is 0. The zero-order valence-electron chi connectivity index (χ0n) is 7.86. The number of non-ortho nitro benzene ring substituents is 1. The van der Waals surface area contributed by atoms with Crippen molar-refractivity contribution in [2.24, 2.45) is 0 Å². The summed E-state index contributed by atoms with van der Waals surface area (Å²) in [6.07, 6.45) is 0.702. The molecule has 0 atom stereocenters. The van der Waals surface area contributed by atoms with Crippen LogP contribution in [0.25, 0.3) is 0 Å². The molecule has 0 aliphatic carbocycles. The predicted octanol–water partition coefficient (Wildman–Crippen LogP) is 2.10. The molecule has 72 valence electrons. The summed E-state index contributed by atoms with van der Waals surface area (Å²) in [6.45, 7) is 3.88. The first-order chi connectivity index (χ1) is 6.59. The van der Waals surface area contributed by atoms with Crippen molar-refractivity contribution < 1.29 is 4.92 Å². The Kier molecular flexibility index (Phi) is 1.77. The number of nitro benzene ring substituents is 1. The van der Waals surface area contributed by atoms with Crippen molar-refractivity contribution in [1.82, 2.24) is 0 Å². The fraction of sp³-hybridized carbons (Fsp3) is 0.200. The van der Waals surface area contributed by atoms with Crippen LogP contribution in [0.5, 0.6) is 0 Å². The highest BCUT2D eigenvalue weighted by molar-refractivity contribution is 5.66. The molecule has 4 nitrogen and oxygen atoms in total. The molecule has 0 amide bonds. The minimum absolute atomic E-state index is 0.145. The van der Waals surface area contributed by atoms with E-state index in [0.29, 0.717) is 6.42 Å². The number of hydrogen-bond donors (Lipinski definition) is 0. The van der Waals surface area contributed by atoms with E-state index in [1.54, 1.807) is 12.1 Å². The molecule has 0 saturated heterocycles. The Labute approximate surface area is 81.6 Å². The van der Waals surface area contributed by atoms with Gasteiger partial charge >= 0.3 is 0 Å². The highest BCUT2D eigenvalue weighted by Crippen LogP contribution is 2.34. The number of nitrogens with zero attached hydrogens (tertiary/aromatic N) is 2. The van der Waals surface area contributed by atoms with E-state index in [9.17, 15) is 10.1 Å². The van der Waals surface area contributed by atoms with Crippen molar-refractivity contribution >= 4 is 11.4 Å². The lowest BCUT2D eigenvalue weighted by molar-refractivity contribution is -0.384. The second kappa shape index (κ2) is 2.83. The Morgan fingerprint density at radius 2 is 2.29 bits per heavy atom. The third-order valence-electron chi connectivity index (χ3n) is 2.50. The first-order valence-corrected chi connectivity index (χ1v) is 4.28. The lowest BCUT2D eigenvalue weighted by Gasteiger charge is -2.12. The van der Waals surface area contributed by atoms with Crippen LogP contribution in [0.2, 0.25) is 0 Å². The van der Waals surface area contributed by atoms with Crippen LogP contribution in [0.3, 0.4) is 0 Å². The van der Waals surface area contributed by atoms with Gasteiger partial charge in [-0.25, -0.2) is 0 Å². The van der Waals surface area contributed by atoms with Crippen molar-refractivity contribution in [2.45, 2.75) is 6.42 Å². The van der Waals surface area contributed by atoms with E-state index in [1.807, 2.05) is 11.9 Å². The molecule has 2 rings (SSSR count). The molecule has 1 aliphatic rings. The van der Waals surface area contributed by atoms with E-state index in [1.165, 1.54) is 6.07 Å². The molecule has 1 heterocycles. The normalized spacial score (nSPS) is 14.4. The highest BCUT2D eigenvalue weighted by Gasteiger charge is 2.21. The number of anilines is 1. The second-order valence-electron chi connectivity index (χ2n) is 3.37. The van der Waals surface area contributed by atoms with Crippen LogP contribution in [0, 0.1) is 10.1 Å². The maximum absolute atomic E-state index is 10.5. The molecule has 14 heavy (non-hydrogen) atoms. The van der Waals surface area contributed by atoms with Gasteiger partial charge in [-0.05, 0) is 11.6 Å². The van der Waals surface area contributed by atoms with E-state index < -0.39 is 0 Å². The number of benzene rings is 1. The summed E-state index contributed by atoms with van der Waals surface area (Å²) in [6, 6.07) is 4.91. The van der Waals surface area contributed by atoms with Gasteiger partial charge in [-0.3, -0.25) is 10.1 Å². The summed E-state index contributed by atoms with van der Waals surface area (Å²) >= 11 is 0. The highest BCUT2D eigenvalue weighted by atomic mass is 16.6. The topological polar surface area (TPSA) is 46.4 Å². The summed E-state index contributed by atoms with van der Waals surface area (Å²) in [7, 11) is 1.92. The van der Waals surface area contributed by atoms with Gasteiger partial charge in [-0.1, -0.05) is 6.58 Å². The lowest BCUT2D eigenvalue weighted by Crippen LogP contribution is -2.09. The summed E-state index contributed by atoms with van der Waals surface area (Å²) in [5.41, 5.74) is 3.11. The average molecular weight is 190 g/mol. The number of fused-ring (bicyclic) bond motifs is 1. The Morgan fingerprint density at radius 3 is 2.93 bits per heavy atom. The minimum atomic E-state index is -0.374. The van der Waals surface area contributed by atoms with Crippen LogP contribution in [-0.4, -0.2) is 12.0 Å². The largest absolute Gasteiger partial charge is 0.348 e. The zero-order chi connectivity index (χ0) is 10.3. The van der Waals surface area contributed by atoms with Crippen LogP contribution in [0.4, 0.5) is 11.4 Å². The van der Waals surface area contributed by atoms with Gasteiger partial charge in [0.25, 0.3) is 5.69 Å². The first-order valence-electron chi connectivity index (χ1n) is 4.28. The van der Waals surface area contributed by atoms with Crippen LogP contribution >= 0.6 is 0 Å². The van der Waals surface area contributed by atoms with Crippen LogP contribution < -0.4 is 4.90 Å². The zero-order valence-corrected chi connectivity index (χ0v) is 7.86. The lowest BCUT2D eigenvalue weighted by atomic mass is 10.1. The van der Waals surface area contributed by atoms with E-state index in [2.05, 4.69) is 6.58 Å². The molecular weight excluding hydrogens is 180 g/mol. The van der Waals surface area contributed by atoms with Crippen molar-refractivity contribution in [3.8, 4) is 0 Å². The Hall–Kier alpha value is -1.84. The number of nitro groups is 1. The van der Waals surface area contributed by atoms with Gasteiger partial charge in [0, 0.05) is 37.0 Å². The van der Waals surface area contributed by atoms with E-state index in [4.69, 9.17) is 0 Å². The van der Waals surface area contributed by atoms with Crippen LogP contribution in [0.15, 0.2) is 30.5 Å². The molecule has 0 saturated carbocycles. The van der Waals surface area contributed by atoms with E-state index >= 15 is 0 Å². The van der Waals surface area contributed by atoms with Crippen molar-refractivity contribution in [2.75, 3.05) is 11.9 Å². The number of allylic oxidation sites excluding steroid dienone is 1. The van der Waals surface area contributed by atoms with Crippen LogP contribution in [-0.2, 0) is 6.42 Å². The van der Waals surface area contributed by atoms with Gasteiger partial charge in [-0.15, -0.1) is 0 Å². The third kappa shape index (κ3) is 1.16. The van der Waals surface area contributed by atoms with E-state index in [-0.39, 0.29) is 10.6 Å². The molecular formula is C10H10N2O2. The molecule has 0 aromatic heterocycles. The first kappa shape index (κ1) is 8.74. The van der Waals surface area contributed by atoms with Crippen molar-refractivity contribution in [3.05, 3.63) is 46.2 Å². The standard InChI is InChI=1S/C10H10N2O2/c1-7-5-8-6-9(12(13)14)3-4-10(8)11(7)2/h3-4,6H,1,5H2,2H3. The molecule has 4 heteroatoms. The fourth-order valence-electron chi connectivity index (χ4n) is 1.66. The van der Waals surface area contributed by atoms with Gasteiger partial charge in [0.15, 0.2) is 0 Å².